The molecule has 1 unspecified atom stereocenters. The Bertz CT molecular complexity index is 361. The van der Waals surface area contributed by atoms with Gasteiger partial charge in [0.05, 0.1) is 7.11 Å². The average Bonchev–Trinajstić information content (AvgIpc) is 3.11. The lowest BCUT2D eigenvalue weighted by atomic mass is 10.1. The van der Waals surface area contributed by atoms with E-state index >= 15 is 0 Å². The highest BCUT2D eigenvalue weighted by molar-refractivity contribution is 5.45. The molecule has 1 aromatic carbocycles. The van der Waals surface area contributed by atoms with Crippen LogP contribution in [0.1, 0.15) is 25.3 Å². The van der Waals surface area contributed by atoms with E-state index in [0.717, 1.165) is 11.5 Å². The van der Waals surface area contributed by atoms with E-state index in [1.54, 1.807) is 13.2 Å². The van der Waals surface area contributed by atoms with Crippen molar-refractivity contribution < 1.29 is 9.84 Å². The van der Waals surface area contributed by atoms with Crippen molar-refractivity contribution in [2.75, 3.05) is 7.11 Å². The minimum atomic E-state index is 0.250. The Morgan fingerprint density at radius 3 is 2.88 bits per heavy atom. The summed E-state index contributed by atoms with van der Waals surface area (Å²) >= 11 is 0. The van der Waals surface area contributed by atoms with Gasteiger partial charge in [0.25, 0.3) is 0 Å². The van der Waals surface area contributed by atoms with Gasteiger partial charge in [0.15, 0.2) is 11.5 Å². The Hall–Kier alpha value is -1.22. The zero-order valence-corrected chi connectivity index (χ0v) is 9.86. The smallest absolute Gasteiger partial charge is 0.162 e. The Kier molecular flexibility index (Phi) is 3.34. The second-order valence-electron chi connectivity index (χ2n) is 4.48. The first-order chi connectivity index (χ1) is 7.72. The van der Waals surface area contributed by atoms with Crippen molar-refractivity contribution in [1.29, 1.82) is 0 Å². The Balaban J connectivity index is 1.97. The van der Waals surface area contributed by atoms with Crippen molar-refractivity contribution in [2.24, 2.45) is 5.92 Å². The molecule has 88 valence electrons. The summed E-state index contributed by atoms with van der Waals surface area (Å²) in [5.41, 5.74) is 0.895. The summed E-state index contributed by atoms with van der Waals surface area (Å²) < 4.78 is 5.07. The Labute approximate surface area is 96.4 Å². The topological polar surface area (TPSA) is 41.5 Å². The molecule has 2 N–H and O–H groups in total. The molecule has 0 amide bonds. The van der Waals surface area contributed by atoms with Crippen LogP contribution in [-0.4, -0.2) is 18.3 Å². The SMILES string of the molecule is COc1cccc(CNC(C)C2CC2)c1O. The van der Waals surface area contributed by atoms with Crippen LogP contribution in [-0.2, 0) is 6.54 Å². The molecule has 0 heterocycles. The largest absolute Gasteiger partial charge is 0.504 e. The highest BCUT2D eigenvalue weighted by Crippen LogP contribution is 2.33. The van der Waals surface area contributed by atoms with E-state index < -0.39 is 0 Å². The number of hydrogen-bond acceptors (Lipinski definition) is 3. The zero-order valence-electron chi connectivity index (χ0n) is 9.86. The van der Waals surface area contributed by atoms with E-state index in [9.17, 15) is 5.11 Å². The molecule has 3 heteroatoms. The van der Waals surface area contributed by atoms with Crippen LogP contribution in [0.2, 0.25) is 0 Å². The monoisotopic (exact) mass is 221 g/mol. The second kappa shape index (κ2) is 4.74. The number of para-hydroxylation sites is 1. The van der Waals surface area contributed by atoms with Crippen molar-refractivity contribution in [3.05, 3.63) is 23.8 Å². The fourth-order valence-electron chi connectivity index (χ4n) is 1.91. The molecule has 0 bridgehead atoms. The number of aromatic hydroxyl groups is 1. The molecule has 16 heavy (non-hydrogen) atoms. The van der Waals surface area contributed by atoms with Crippen LogP contribution >= 0.6 is 0 Å². The minimum Gasteiger partial charge on any atom is -0.504 e. The van der Waals surface area contributed by atoms with Crippen LogP contribution < -0.4 is 10.1 Å². The van der Waals surface area contributed by atoms with Crippen LogP contribution in [0.3, 0.4) is 0 Å². The number of hydrogen-bond donors (Lipinski definition) is 2. The maximum Gasteiger partial charge on any atom is 0.162 e. The van der Waals surface area contributed by atoms with Crippen LogP contribution in [0.25, 0.3) is 0 Å². The third-order valence-electron chi connectivity index (χ3n) is 3.25. The summed E-state index contributed by atoms with van der Waals surface area (Å²) in [4.78, 5) is 0. The molecule has 0 aliphatic heterocycles. The number of ether oxygens (including phenoxy) is 1. The van der Waals surface area contributed by atoms with Crippen molar-refractivity contribution in [3.8, 4) is 11.5 Å². The first kappa shape index (κ1) is 11.3. The quantitative estimate of drug-likeness (QED) is 0.801. The molecule has 0 aromatic heterocycles. The van der Waals surface area contributed by atoms with E-state index in [1.165, 1.54) is 12.8 Å². The number of rotatable bonds is 5. The fraction of sp³-hybridized carbons (Fsp3) is 0.538. The number of benzene rings is 1. The molecule has 3 nitrogen and oxygen atoms in total. The average molecular weight is 221 g/mol. The lowest BCUT2D eigenvalue weighted by Crippen LogP contribution is -2.27. The first-order valence-electron chi connectivity index (χ1n) is 5.80. The molecule has 1 fully saturated rings. The summed E-state index contributed by atoms with van der Waals surface area (Å²) in [6.07, 6.45) is 2.66. The third-order valence-corrected chi connectivity index (χ3v) is 3.25. The predicted molar refractivity (Wildman–Crippen MR) is 63.7 cm³/mol. The number of nitrogens with one attached hydrogen (secondary N) is 1. The first-order valence-corrected chi connectivity index (χ1v) is 5.80. The molecule has 2 rings (SSSR count). The molecule has 1 aliphatic carbocycles. The molecule has 1 aromatic rings. The van der Waals surface area contributed by atoms with Crippen LogP contribution in [0.4, 0.5) is 0 Å². The zero-order chi connectivity index (χ0) is 11.5. The van der Waals surface area contributed by atoms with E-state index in [4.69, 9.17) is 4.74 Å². The molecule has 1 atom stereocenters. The summed E-state index contributed by atoms with van der Waals surface area (Å²) in [5.74, 6) is 1.62. The maximum absolute atomic E-state index is 9.89. The van der Waals surface area contributed by atoms with E-state index in [0.29, 0.717) is 18.3 Å². The van der Waals surface area contributed by atoms with E-state index in [2.05, 4.69) is 12.2 Å². The standard InChI is InChI=1S/C13H19NO2/c1-9(10-6-7-10)14-8-11-4-3-5-12(16-2)13(11)15/h3-5,9-10,14-15H,6-8H2,1-2H3. The minimum absolute atomic E-state index is 0.250. The molecular weight excluding hydrogens is 202 g/mol. The normalized spacial score (nSPS) is 17.1. The number of phenols is 1. The molecule has 1 aliphatic rings. The van der Waals surface area contributed by atoms with Crippen molar-refractivity contribution in [1.82, 2.24) is 5.32 Å². The highest BCUT2D eigenvalue weighted by atomic mass is 16.5. The van der Waals surface area contributed by atoms with Gasteiger partial charge in [-0.1, -0.05) is 12.1 Å². The van der Waals surface area contributed by atoms with Gasteiger partial charge in [-0.05, 0) is 31.7 Å². The molecule has 0 radical (unpaired) electrons. The maximum atomic E-state index is 9.89. The van der Waals surface area contributed by atoms with Gasteiger partial charge in [-0.15, -0.1) is 0 Å². The van der Waals surface area contributed by atoms with E-state index in [1.807, 2.05) is 12.1 Å². The Morgan fingerprint density at radius 2 is 2.25 bits per heavy atom. The molecule has 0 saturated heterocycles. The lowest BCUT2D eigenvalue weighted by Gasteiger charge is -2.14. The summed E-state index contributed by atoms with van der Waals surface area (Å²) in [7, 11) is 1.57. The van der Waals surface area contributed by atoms with Crippen LogP contribution in [0, 0.1) is 5.92 Å². The molecule has 0 spiro atoms. The summed E-state index contributed by atoms with van der Waals surface area (Å²) in [6, 6.07) is 6.12. The number of phenolic OH excluding ortho intramolecular Hbond substituents is 1. The number of methoxy groups -OCH3 is 1. The lowest BCUT2D eigenvalue weighted by molar-refractivity contribution is 0.368. The van der Waals surface area contributed by atoms with E-state index in [-0.39, 0.29) is 5.75 Å². The van der Waals surface area contributed by atoms with Crippen LogP contribution in [0.15, 0.2) is 18.2 Å². The highest BCUT2D eigenvalue weighted by Gasteiger charge is 2.27. The van der Waals surface area contributed by atoms with Gasteiger partial charge >= 0.3 is 0 Å². The van der Waals surface area contributed by atoms with Gasteiger partial charge in [0.2, 0.25) is 0 Å². The van der Waals surface area contributed by atoms with Crippen molar-refractivity contribution in [2.45, 2.75) is 32.4 Å². The van der Waals surface area contributed by atoms with Crippen molar-refractivity contribution in [3.63, 3.8) is 0 Å². The summed E-state index contributed by atoms with van der Waals surface area (Å²) in [6.45, 7) is 2.90. The summed E-state index contributed by atoms with van der Waals surface area (Å²) in [5, 5.41) is 13.3. The van der Waals surface area contributed by atoms with Gasteiger partial charge in [-0.25, -0.2) is 0 Å². The van der Waals surface area contributed by atoms with Gasteiger partial charge < -0.3 is 15.2 Å². The van der Waals surface area contributed by atoms with Gasteiger partial charge in [-0.3, -0.25) is 0 Å². The Morgan fingerprint density at radius 1 is 1.50 bits per heavy atom. The molecule has 1 saturated carbocycles. The van der Waals surface area contributed by atoms with Crippen LogP contribution in [0.5, 0.6) is 11.5 Å². The van der Waals surface area contributed by atoms with Gasteiger partial charge in [0, 0.05) is 18.2 Å². The fourth-order valence-corrected chi connectivity index (χ4v) is 1.91. The predicted octanol–water partition coefficient (Wildman–Crippen LogP) is 2.29. The molecular formula is C13H19NO2. The second-order valence-corrected chi connectivity index (χ2v) is 4.48. The van der Waals surface area contributed by atoms with Gasteiger partial charge in [0.1, 0.15) is 0 Å². The third kappa shape index (κ3) is 2.47. The van der Waals surface area contributed by atoms with Gasteiger partial charge in [-0.2, -0.15) is 0 Å². The van der Waals surface area contributed by atoms with Crippen molar-refractivity contribution >= 4 is 0 Å².